The third-order valence-corrected chi connectivity index (χ3v) is 5.22. The van der Waals surface area contributed by atoms with Gasteiger partial charge in [0.1, 0.15) is 0 Å². The lowest BCUT2D eigenvalue weighted by molar-refractivity contribution is -0.137. The minimum atomic E-state index is -4.70. The zero-order chi connectivity index (χ0) is 18.8. The first kappa shape index (κ1) is 19.5. The van der Waals surface area contributed by atoms with Gasteiger partial charge in [-0.05, 0) is 65.1 Å². The lowest BCUT2D eigenvalue weighted by Crippen LogP contribution is -2.17. The summed E-state index contributed by atoms with van der Waals surface area (Å²) >= 11 is 1.98. The quantitative estimate of drug-likeness (QED) is 0.527. The summed E-state index contributed by atoms with van der Waals surface area (Å²) in [6.07, 6.45) is -4.70. The molecule has 0 fully saturated rings. The number of benzene rings is 2. The highest BCUT2D eigenvalue weighted by Gasteiger charge is 2.32. The molecule has 0 aliphatic rings. The van der Waals surface area contributed by atoms with E-state index in [1.54, 1.807) is 0 Å². The van der Waals surface area contributed by atoms with Gasteiger partial charge in [0.15, 0.2) is 0 Å². The number of halogens is 4. The second kappa shape index (κ2) is 7.20. The van der Waals surface area contributed by atoms with Crippen LogP contribution in [0, 0.1) is 3.57 Å². The zero-order valence-corrected chi connectivity index (χ0v) is 15.6. The largest absolute Gasteiger partial charge is 0.465 e. The summed E-state index contributed by atoms with van der Waals surface area (Å²) in [5, 5.41) is 0. The molecular weight excluding hydrogens is 474 g/mol. The van der Waals surface area contributed by atoms with Crippen LogP contribution in [0.2, 0.25) is 0 Å². The van der Waals surface area contributed by atoms with Gasteiger partial charge in [0.2, 0.25) is 0 Å². The van der Waals surface area contributed by atoms with Crippen LogP contribution in [0.4, 0.5) is 18.9 Å². The summed E-state index contributed by atoms with van der Waals surface area (Å²) in [6, 6.07) is 7.75. The Bertz CT molecular complexity index is 896. The van der Waals surface area contributed by atoms with Crippen molar-refractivity contribution in [1.29, 1.82) is 0 Å². The van der Waals surface area contributed by atoms with E-state index in [4.69, 9.17) is 0 Å². The van der Waals surface area contributed by atoms with E-state index in [9.17, 15) is 26.4 Å². The molecule has 5 nitrogen and oxygen atoms in total. The van der Waals surface area contributed by atoms with Gasteiger partial charge in [-0.25, -0.2) is 13.2 Å². The summed E-state index contributed by atoms with van der Waals surface area (Å²) in [7, 11) is -3.15. The molecule has 0 spiro atoms. The maximum absolute atomic E-state index is 12.9. The van der Waals surface area contributed by atoms with Gasteiger partial charge in [-0.15, -0.1) is 0 Å². The number of nitrogens with one attached hydrogen (secondary N) is 1. The Hall–Kier alpha value is -1.82. The highest BCUT2D eigenvalue weighted by molar-refractivity contribution is 14.1. The van der Waals surface area contributed by atoms with Crippen molar-refractivity contribution in [2.75, 3.05) is 11.8 Å². The fourth-order valence-corrected chi connectivity index (χ4v) is 3.34. The van der Waals surface area contributed by atoms with Gasteiger partial charge in [0, 0.05) is 3.57 Å². The summed E-state index contributed by atoms with van der Waals surface area (Å²) < 4.78 is 70.7. The number of methoxy groups -OCH3 is 1. The van der Waals surface area contributed by atoms with Crippen molar-refractivity contribution in [1.82, 2.24) is 0 Å². The van der Waals surface area contributed by atoms with E-state index in [1.807, 2.05) is 27.3 Å². The molecular formula is C15H11F3INO4S. The van der Waals surface area contributed by atoms with Crippen LogP contribution in [0.25, 0.3) is 0 Å². The van der Waals surface area contributed by atoms with Crippen LogP contribution in [0.5, 0.6) is 0 Å². The smallest absolute Gasteiger partial charge is 0.416 e. The van der Waals surface area contributed by atoms with Crippen LogP contribution in [0.15, 0.2) is 47.4 Å². The Kier molecular flexibility index (Phi) is 5.62. The topological polar surface area (TPSA) is 72.5 Å². The molecule has 1 N–H and O–H groups in total. The normalized spacial score (nSPS) is 11.9. The van der Waals surface area contributed by atoms with Gasteiger partial charge in [-0.1, -0.05) is 0 Å². The van der Waals surface area contributed by atoms with E-state index in [0.29, 0.717) is 12.1 Å². The highest BCUT2D eigenvalue weighted by Crippen LogP contribution is 2.33. The van der Waals surface area contributed by atoms with Crippen LogP contribution in [0.1, 0.15) is 15.9 Å². The average Bonchev–Trinajstić information content (AvgIpc) is 2.53. The predicted molar refractivity (Wildman–Crippen MR) is 92.8 cm³/mol. The van der Waals surface area contributed by atoms with Gasteiger partial charge in [-0.3, -0.25) is 4.72 Å². The molecule has 2 aromatic rings. The van der Waals surface area contributed by atoms with Crippen molar-refractivity contribution >= 4 is 44.3 Å². The monoisotopic (exact) mass is 485 g/mol. The summed E-state index contributed by atoms with van der Waals surface area (Å²) in [5.74, 6) is -0.964. The Balaban J connectivity index is 2.52. The van der Waals surface area contributed by atoms with E-state index >= 15 is 0 Å². The molecule has 25 heavy (non-hydrogen) atoms. The summed E-state index contributed by atoms with van der Waals surface area (Å²) in [4.78, 5) is 11.6. The second-order valence-electron chi connectivity index (χ2n) is 4.81. The van der Waals surface area contributed by atoms with Gasteiger partial charge in [0.05, 0.1) is 28.8 Å². The number of carbonyl (C=O) groups is 1. The van der Waals surface area contributed by atoms with E-state index in [2.05, 4.69) is 4.74 Å². The highest BCUT2D eigenvalue weighted by atomic mass is 127. The molecule has 0 unspecified atom stereocenters. The summed E-state index contributed by atoms with van der Waals surface area (Å²) in [6.45, 7) is 0. The average molecular weight is 485 g/mol. The van der Waals surface area contributed by atoms with E-state index in [-0.39, 0.29) is 10.5 Å². The maximum atomic E-state index is 12.9. The SMILES string of the molecule is COC(=O)c1ccc(C(F)(F)F)cc1NS(=O)(=O)c1ccc(I)cc1. The fraction of sp³-hybridized carbons (Fsp3) is 0.133. The van der Waals surface area contributed by atoms with Crippen molar-refractivity contribution in [2.24, 2.45) is 0 Å². The first-order valence-corrected chi connectivity index (χ1v) is 9.19. The molecule has 10 heteroatoms. The fourth-order valence-electron chi connectivity index (χ4n) is 1.91. The lowest BCUT2D eigenvalue weighted by atomic mass is 10.1. The Morgan fingerprint density at radius 2 is 1.72 bits per heavy atom. The molecule has 2 rings (SSSR count). The van der Waals surface area contributed by atoms with Crippen LogP contribution >= 0.6 is 22.6 Å². The molecule has 0 aliphatic heterocycles. The molecule has 0 aromatic heterocycles. The second-order valence-corrected chi connectivity index (χ2v) is 7.74. The van der Waals surface area contributed by atoms with Crippen molar-refractivity contribution in [3.63, 3.8) is 0 Å². The third-order valence-electron chi connectivity index (χ3n) is 3.12. The number of carbonyl (C=O) groups excluding carboxylic acids is 1. The molecule has 0 aliphatic carbocycles. The Morgan fingerprint density at radius 1 is 1.12 bits per heavy atom. The van der Waals surface area contributed by atoms with Gasteiger partial charge in [0.25, 0.3) is 10.0 Å². The van der Waals surface area contributed by atoms with Crippen molar-refractivity contribution < 1.29 is 31.1 Å². The summed E-state index contributed by atoms with van der Waals surface area (Å²) in [5.41, 5.74) is -1.94. The number of ether oxygens (including phenoxy) is 1. The van der Waals surface area contributed by atoms with Crippen LogP contribution in [0.3, 0.4) is 0 Å². The number of hydrogen-bond donors (Lipinski definition) is 1. The molecule has 0 radical (unpaired) electrons. The molecule has 0 atom stereocenters. The van der Waals surface area contributed by atoms with Crippen LogP contribution in [-0.4, -0.2) is 21.5 Å². The molecule has 0 amide bonds. The Labute approximate surface area is 155 Å². The molecule has 0 saturated carbocycles. The van der Waals surface area contributed by atoms with Gasteiger partial charge >= 0.3 is 12.1 Å². The Morgan fingerprint density at radius 3 is 2.24 bits per heavy atom. The number of sulfonamides is 1. The number of rotatable bonds is 4. The maximum Gasteiger partial charge on any atom is 0.416 e. The van der Waals surface area contributed by atoms with Crippen LogP contribution in [-0.2, 0) is 20.9 Å². The van der Waals surface area contributed by atoms with Crippen molar-refractivity contribution in [3.8, 4) is 0 Å². The zero-order valence-electron chi connectivity index (χ0n) is 12.6. The van der Waals surface area contributed by atoms with E-state index < -0.39 is 33.4 Å². The molecule has 0 heterocycles. The molecule has 2 aromatic carbocycles. The lowest BCUT2D eigenvalue weighted by Gasteiger charge is -2.14. The van der Waals surface area contributed by atoms with E-state index in [0.717, 1.165) is 16.7 Å². The van der Waals surface area contributed by atoms with Crippen LogP contribution < -0.4 is 4.72 Å². The number of esters is 1. The predicted octanol–water partition coefficient (Wildman–Crippen LogP) is 3.90. The van der Waals surface area contributed by atoms with E-state index in [1.165, 1.54) is 24.3 Å². The minimum absolute atomic E-state index is 0.152. The first-order chi connectivity index (χ1) is 11.5. The van der Waals surface area contributed by atoms with Gasteiger partial charge < -0.3 is 4.74 Å². The van der Waals surface area contributed by atoms with Crippen molar-refractivity contribution in [2.45, 2.75) is 11.1 Å². The standard InChI is InChI=1S/C15H11F3INO4S/c1-24-14(21)12-7-2-9(15(16,17)18)8-13(12)20-25(22,23)11-5-3-10(19)4-6-11/h2-8,20H,1H3. The van der Waals surface area contributed by atoms with Gasteiger partial charge in [-0.2, -0.15) is 13.2 Å². The molecule has 0 saturated heterocycles. The third kappa shape index (κ3) is 4.63. The number of alkyl halides is 3. The first-order valence-electron chi connectivity index (χ1n) is 6.62. The van der Waals surface area contributed by atoms with Crippen molar-refractivity contribution in [3.05, 3.63) is 57.2 Å². The molecule has 0 bridgehead atoms. The minimum Gasteiger partial charge on any atom is -0.465 e. The number of anilines is 1. The molecule has 134 valence electrons. The number of hydrogen-bond acceptors (Lipinski definition) is 4.